The van der Waals surface area contributed by atoms with Gasteiger partial charge in [0, 0.05) is 45.3 Å². The summed E-state index contributed by atoms with van der Waals surface area (Å²) in [5, 5.41) is 13.9. The van der Waals surface area contributed by atoms with Crippen molar-refractivity contribution in [1.29, 1.82) is 0 Å². The number of carbonyl (C=O) groups is 1. The maximum atomic E-state index is 13.0. The summed E-state index contributed by atoms with van der Waals surface area (Å²) in [5.74, 6) is -0.172. The van der Waals surface area contributed by atoms with E-state index in [0.29, 0.717) is 26.2 Å². The van der Waals surface area contributed by atoms with Crippen LogP contribution < -0.4 is 15.1 Å². The molecule has 4 rings (SSSR count). The molecule has 3 heterocycles. The Hall–Kier alpha value is -3.40. The Balaban J connectivity index is 1.37. The molecule has 2 amide bonds. The molecule has 32 heavy (non-hydrogen) atoms. The van der Waals surface area contributed by atoms with E-state index < -0.39 is 4.92 Å². The van der Waals surface area contributed by atoms with Crippen molar-refractivity contribution in [2.24, 2.45) is 0 Å². The molecule has 2 fully saturated rings. The van der Waals surface area contributed by atoms with E-state index in [-0.39, 0.29) is 24.1 Å². The summed E-state index contributed by atoms with van der Waals surface area (Å²) in [4.78, 5) is 33.2. The van der Waals surface area contributed by atoms with Gasteiger partial charge in [-0.05, 0) is 42.0 Å². The van der Waals surface area contributed by atoms with Crippen LogP contribution in [0.25, 0.3) is 0 Å². The second kappa shape index (κ2) is 9.39. The fourth-order valence-corrected chi connectivity index (χ4v) is 4.26. The highest BCUT2D eigenvalue weighted by Gasteiger charge is 2.26. The first-order valence-corrected chi connectivity index (χ1v) is 10.8. The van der Waals surface area contributed by atoms with Crippen LogP contribution in [0.1, 0.15) is 13.8 Å². The van der Waals surface area contributed by atoms with Crippen molar-refractivity contribution in [2.45, 2.75) is 26.1 Å². The van der Waals surface area contributed by atoms with E-state index in [4.69, 9.17) is 4.74 Å². The smallest absolute Gasteiger partial charge is 0.363 e. The average Bonchev–Trinajstić information content (AvgIpc) is 2.79. The largest absolute Gasteiger partial charge is 0.372 e. The maximum Gasteiger partial charge on any atom is 0.363 e. The summed E-state index contributed by atoms with van der Waals surface area (Å²) in [6.07, 6.45) is 1.77. The number of morpholine rings is 1. The van der Waals surface area contributed by atoms with Crippen LogP contribution in [-0.2, 0) is 4.74 Å². The molecule has 2 aliphatic heterocycles. The van der Waals surface area contributed by atoms with Crippen LogP contribution in [0.2, 0.25) is 0 Å². The van der Waals surface area contributed by atoms with Crippen molar-refractivity contribution in [3.05, 3.63) is 52.7 Å². The van der Waals surface area contributed by atoms with Gasteiger partial charge < -0.3 is 34.9 Å². The maximum absolute atomic E-state index is 13.0. The lowest BCUT2D eigenvalue weighted by molar-refractivity contribution is -0.389. The van der Waals surface area contributed by atoms with Crippen LogP contribution >= 0.6 is 0 Å². The molecule has 170 valence electrons. The highest BCUT2D eigenvalue weighted by Crippen LogP contribution is 2.29. The lowest BCUT2D eigenvalue weighted by Gasteiger charge is -2.38. The number of amides is 2. The van der Waals surface area contributed by atoms with Gasteiger partial charge in [-0.15, -0.1) is 0 Å². The predicted octanol–water partition coefficient (Wildman–Crippen LogP) is 2.96. The van der Waals surface area contributed by atoms with Gasteiger partial charge in [-0.25, -0.2) is 4.79 Å². The van der Waals surface area contributed by atoms with Gasteiger partial charge in [-0.1, -0.05) is 12.1 Å². The Labute approximate surface area is 186 Å². The van der Waals surface area contributed by atoms with Crippen LogP contribution in [-0.4, -0.2) is 72.3 Å². The Kier molecular flexibility index (Phi) is 6.40. The number of anilines is 3. The number of para-hydroxylation sites is 2. The van der Waals surface area contributed by atoms with Gasteiger partial charge in [0.05, 0.1) is 29.3 Å². The molecule has 2 saturated heterocycles. The summed E-state index contributed by atoms with van der Waals surface area (Å²) in [5.41, 5.74) is 2.61. The van der Waals surface area contributed by atoms with Crippen molar-refractivity contribution in [1.82, 2.24) is 9.88 Å². The molecule has 1 aromatic heterocycles. The molecule has 0 unspecified atom stereocenters. The minimum Gasteiger partial charge on any atom is -0.372 e. The van der Waals surface area contributed by atoms with Crippen LogP contribution in [0.15, 0.2) is 42.6 Å². The predicted molar refractivity (Wildman–Crippen MR) is 122 cm³/mol. The van der Waals surface area contributed by atoms with Crippen LogP contribution in [0, 0.1) is 10.1 Å². The third kappa shape index (κ3) is 4.91. The minimum absolute atomic E-state index is 0.129. The topological polar surface area (TPSA) is 104 Å². The monoisotopic (exact) mass is 440 g/mol. The fraction of sp³-hybridized carbons (Fsp3) is 0.455. The minimum atomic E-state index is -0.512. The Morgan fingerprint density at radius 2 is 1.75 bits per heavy atom. The standard InChI is InChI=1S/C22H28N6O4/c1-16-14-27(15-17(2)32-16)20-6-4-3-5-19(20)24-22(29)26-11-9-25(10-12-26)18-7-8-21(23-13-18)28(30)31/h3-8,13,16-17H,9-12,14-15H2,1-2H3,(H,24,29)/t16-,17-/m0/s1. The van der Waals surface area contributed by atoms with Gasteiger partial charge >= 0.3 is 11.8 Å². The number of hydrogen-bond donors (Lipinski definition) is 1. The molecule has 2 atom stereocenters. The van der Waals surface area contributed by atoms with Gasteiger partial charge in [0.25, 0.3) is 0 Å². The van der Waals surface area contributed by atoms with Crippen LogP contribution in [0.3, 0.4) is 0 Å². The number of nitro groups is 1. The lowest BCUT2D eigenvalue weighted by atomic mass is 10.1. The van der Waals surface area contributed by atoms with E-state index >= 15 is 0 Å². The molecular weight excluding hydrogens is 412 g/mol. The normalized spacial score (nSPS) is 21.4. The van der Waals surface area contributed by atoms with Gasteiger partial charge in [0.1, 0.15) is 0 Å². The van der Waals surface area contributed by atoms with Crippen molar-refractivity contribution in [3.8, 4) is 0 Å². The highest BCUT2D eigenvalue weighted by atomic mass is 16.6. The molecule has 10 heteroatoms. The van der Waals surface area contributed by atoms with Gasteiger partial charge in [0.2, 0.25) is 0 Å². The molecule has 0 aliphatic carbocycles. The lowest BCUT2D eigenvalue weighted by Crippen LogP contribution is -2.50. The third-order valence-electron chi connectivity index (χ3n) is 5.76. The van der Waals surface area contributed by atoms with Crippen molar-refractivity contribution < 1.29 is 14.5 Å². The van der Waals surface area contributed by atoms with Crippen LogP contribution in [0.5, 0.6) is 0 Å². The second-order valence-electron chi connectivity index (χ2n) is 8.22. The van der Waals surface area contributed by atoms with Gasteiger partial charge in [0.15, 0.2) is 6.20 Å². The number of urea groups is 1. The number of nitrogens with zero attached hydrogens (tertiary/aromatic N) is 5. The van der Waals surface area contributed by atoms with E-state index in [2.05, 4.69) is 33.9 Å². The molecule has 2 aliphatic rings. The number of ether oxygens (including phenoxy) is 1. The molecule has 2 aromatic rings. The summed E-state index contributed by atoms with van der Waals surface area (Å²) >= 11 is 0. The second-order valence-corrected chi connectivity index (χ2v) is 8.22. The molecule has 0 saturated carbocycles. The van der Waals surface area contributed by atoms with Crippen molar-refractivity contribution >= 4 is 28.9 Å². The molecule has 1 aromatic carbocycles. The first kappa shape index (κ1) is 21.8. The first-order valence-electron chi connectivity index (χ1n) is 10.8. The zero-order valence-corrected chi connectivity index (χ0v) is 18.3. The third-order valence-corrected chi connectivity index (χ3v) is 5.76. The number of piperazine rings is 1. The number of carbonyl (C=O) groups excluding carboxylic acids is 1. The Bertz CT molecular complexity index is 951. The number of nitrogens with one attached hydrogen (secondary N) is 1. The zero-order chi connectivity index (χ0) is 22.7. The molecule has 1 N–H and O–H groups in total. The Morgan fingerprint density at radius 3 is 2.38 bits per heavy atom. The van der Waals surface area contributed by atoms with Crippen LogP contribution in [0.4, 0.5) is 27.7 Å². The summed E-state index contributed by atoms with van der Waals surface area (Å²) < 4.78 is 5.84. The summed E-state index contributed by atoms with van der Waals surface area (Å²) in [6.45, 7) is 8.04. The van der Waals surface area contributed by atoms with Crippen molar-refractivity contribution in [2.75, 3.05) is 54.4 Å². The van der Waals surface area contributed by atoms with E-state index in [1.54, 1.807) is 11.0 Å². The number of hydrogen-bond acceptors (Lipinski definition) is 7. The van der Waals surface area contributed by atoms with E-state index in [0.717, 1.165) is 30.2 Å². The number of rotatable bonds is 4. The van der Waals surface area contributed by atoms with Gasteiger partial charge in [-0.3, -0.25) is 0 Å². The molecule has 0 bridgehead atoms. The van der Waals surface area contributed by atoms with Gasteiger partial charge in [-0.2, -0.15) is 0 Å². The molecule has 0 radical (unpaired) electrons. The quantitative estimate of drug-likeness (QED) is 0.576. The summed E-state index contributed by atoms with van der Waals surface area (Å²) in [6, 6.07) is 10.8. The van der Waals surface area contributed by atoms with E-state index in [1.807, 2.05) is 24.3 Å². The number of benzene rings is 1. The Morgan fingerprint density at radius 1 is 1.06 bits per heavy atom. The van der Waals surface area contributed by atoms with E-state index in [9.17, 15) is 14.9 Å². The highest BCUT2D eigenvalue weighted by molar-refractivity contribution is 5.93. The molecule has 0 spiro atoms. The first-order chi connectivity index (χ1) is 15.4. The number of pyridine rings is 1. The number of aromatic nitrogens is 1. The van der Waals surface area contributed by atoms with Crippen molar-refractivity contribution in [3.63, 3.8) is 0 Å². The fourth-order valence-electron chi connectivity index (χ4n) is 4.26. The SMILES string of the molecule is C[C@H]1CN(c2ccccc2NC(=O)N2CCN(c3ccc([N+](=O)[O-])nc3)CC2)C[C@H](C)O1. The summed E-state index contributed by atoms with van der Waals surface area (Å²) in [7, 11) is 0. The zero-order valence-electron chi connectivity index (χ0n) is 18.3. The molecular formula is C22H28N6O4. The average molecular weight is 441 g/mol. The molecule has 10 nitrogen and oxygen atoms in total. The van der Waals surface area contributed by atoms with E-state index in [1.165, 1.54) is 12.3 Å².